The van der Waals surface area contributed by atoms with Crippen LogP contribution in [0.4, 0.5) is 23.7 Å². The van der Waals surface area contributed by atoms with E-state index in [1.807, 2.05) is 36.6 Å². The normalized spacial score (nSPS) is 14.2. The van der Waals surface area contributed by atoms with E-state index in [4.69, 9.17) is 14.7 Å². The van der Waals surface area contributed by atoms with Gasteiger partial charge in [0.25, 0.3) is 0 Å². The summed E-state index contributed by atoms with van der Waals surface area (Å²) in [5.74, 6) is 0.743. The van der Waals surface area contributed by atoms with Gasteiger partial charge in [-0.15, -0.1) is 0 Å². The second-order valence-electron chi connectivity index (χ2n) is 8.93. The Kier molecular flexibility index (Phi) is 7.86. The molecule has 0 spiro atoms. The molecule has 3 aromatic rings. The van der Waals surface area contributed by atoms with Crippen molar-refractivity contribution in [1.82, 2.24) is 14.7 Å². The highest BCUT2D eigenvalue weighted by atomic mass is 19.4. The Labute approximate surface area is 211 Å². The molecule has 3 N–H and O–H groups in total. The van der Waals surface area contributed by atoms with Crippen LogP contribution in [0.25, 0.3) is 16.9 Å². The third-order valence-electron chi connectivity index (χ3n) is 5.40. The van der Waals surface area contributed by atoms with Gasteiger partial charge in [0.2, 0.25) is 0 Å². The largest absolute Gasteiger partial charge is 0.491 e. The summed E-state index contributed by atoms with van der Waals surface area (Å²) in [6.07, 6.45) is 0.852. The minimum atomic E-state index is -4.52. The Morgan fingerprint density at radius 3 is 2.73 bits per heavy atom. The second kappa shape index (κ2) is 11.1. The van der Waals surface area contributed by atoms with Crippen molar-refractivity contribution in [3.63, 3.8) is 0 Å². The van der Waals surface area contributed by atoms with E-state index < -0.39 is 18.8 Å². The van der Waals surface area contributed by atoms with Crippen LogP contribution in [-0.4, -0.2) is 58.3 Å². The molecule has 1 fully saturated rings. The van der Waals surface area contributed by atoms with E-state index in [0.29, 0.717) is 28.6 Å². The van der Waals surface area contributed by atoms with Gasteiger partial charge in [-0.25, -0.2) is 9.78 Å². The summed E-state index contributed by atoms with van der Waals surface area (Å²) in [7, 11) is 0. The van der Waals surface area contributed by atoms with E-state index >= 15 is 0 Å². The van der Waals surface area contributed by atoms with Crippen LogP contribution in [0.15, 0.2) is 47.9 Å². The minimum absolute atomic E-state index is 0.116. The molecule has 0 atom stereocenters. The molecule has 2 heterocycles. The molecule has 9 nitrogen and oxygen atoms in total. The molecule has 0 unspecified atom stereocenters. The summed E-state index contributed by atoms with van der Waals surface area (Å²) >= 11 is 0. The van der Waals surface area contributed by atoms with Crippen LogP contribution in [-0.2, 0) is 4.84 Å². The van der Waals surface area contributed by atoms with Crippen LogP contribution in [0.2, 0.25) is 0 Å². The maximum Gasteiger partial charge on any atom is 0.405 e. The van der Waals surface area contributed by atoms with Crippen LogP contribution < -0.4 is 15.4 Å². The molecule has 1 saturated carbocycles. The molecule has 12 heteroatoms. The molecule has 0 radical (unpaired) electrons. The van der Waals surface area contributed by atoms with Crippen molar-refractivity contribution in [1.29, 1.82) is 0 Å². The van der Waals surface area contributed by atoms with Gasteiger partial charge < -0.3 is 25.3 Å². The molecule has 2 aromatic heterocycles. The monoisotopic (exact) mass is 519 g/mol. The molecular formula is C25H28F3N5O4. The number of rotatable bonds is 10. The number of amides is 2. The van der Waals surface area contributed by atoms with Gasteiger partial charge in [-0.05, 0) is 51.0 Å². The second-order valence-corrected chi connectivity index (χ2v) is 8.93. The summed E-state index contributed by atoms with van der Waals surface area (Å²) in [6, 6.07) is 7.76. The highest BCUT2D eigenvalue weighted by Crippen LogP contribution is 2.35. The first-order chi connectivity index (χ1) is 17.6. The molecule has 37 heavy (non-hydrogen) atoms. The molecular weight excluding hydrogens is 491 g/mol. The first kappa shape index (κ1) is 26.3. The van der Waals surface area contributed by atoms with Crippen molar-refractivity contribution >= 4 is 23.1 Å². The Hall–Kier alpha value is -3.80. The number of benzene rings is 1. The zero-order chi connectivity index (χ0) is 26.6. The smallest absolute Gasteiger partial charge is 0.405 e. The Bertz CT molecular complexity index is 1290. The van der Waals surface area contributed by atoms with E-state index in [1.165, 1.54) is 0 Å². The summed E-state index contributed by atoms with van der Waals surface area (Å²) in [4.78, 5) is 21.8. The number of fused-ring (bicyclic) bond motifs is 1. The fourth-order valence-electron chi connectivity index (χ4n) is 3.74. The number of nitrogens with one attached hydrogen (secondary N) is 2. The highest BCUT2D eigenvalue weighted by Gasteiger charge is 2.30. The average Bonchev–Trinajstić information content (AvgIpc) is 3.57. The van der Waals surface area contributed by atoms with Gasteiger partial charge in [-0.3, -0.25) is 4.40 Å². The van der Waals surface area contributed by atoms with Crippen LogP contribution in [0, 0.1) is 5.92 Å². The van der Waals surface area contributed by atoms with Crippen LogP contribution in [0.1, 0.15) is 32.3 Å². The lowest BCUT2D eigenvalue weighted by Gasteiger charge is -2.15. The summed E-state index contributed by atoms with van der Waals surface area (Å²) in [6.45, 7) is 2.24. The number of urea groups is 1. The molecule has 1 aliphatic rings. The Balaban J connectivity index is 1.64. The number of halogens is 3. The fourth-order valence-corrected chi connectivity index (χ4v) is 3.74. The van der Waals surface area contributed by atoms with Crippen molar-refractivity contribution in [2.75, 3.05) is 25.1 Å². The zero-order valence-corrected chi connectivity index (χ0v) is 20.4. The van der Waals surface area contributed by atoms with E-state index in [1.54, 1.807) is 29.7 Å². The average molecular weight is 520 g/mol. The molecule has 2 amide bonds. The van der Waals surface area contributed by atoms with Crippen LogP contribution >= 0.6 is 0 Å². The topological polar surface area (TPSA) is 109 Å². The predicted molar refractivity (Wildman–Crippen MR) is 132 cm³/mol. The minimum Gasteiger partial charge on any atom is -0.491 e. The number of anilines is 1. The standard InChI is InChI=1S/C25H28F3N5O4/c1-15(2)37-20-10-18(9-19(12-20)31-24(35)30-14-25(26,27)28)21-13-29-22-11-17(5-6-33(21)22)23(16-3-4-16)32-36-8-7-34/h5-6,9-13,15-16,34H,3-4,7-8,14H2,1-2H3,(H2,30,31,35)/b32-23-. The third kappa shape index (κ3) is 7.13. The summed E-state index contributed by atoms with van der Waals surface area (Å²) in [5.41, 5.74) is 3.93. The molecule has 198 valence electrons. The predicted octanol–water partition coefficient (Wildman–Crippen LogP) is 4.60. The number of hydrogen-bond acceptors (Lipinski definition) is 6. The van der Waals surface area contributed by atoms with E-state index in [2.05, 4.69) is 15.5 Å². The zero-order valence-electron chi connectivity index (χ0n) is 20.4. The van der Waals surface area contributed by atoms with Crippen molar-refractivity contribution in [2.24, 2.45) is 11.1 Å². The lowest BCUT2D eigenvalue weighted by molar-refractivity contribution is -0.122. The number of carbonyl (C=O) groups is 1. The Morgan fingerprint density at radius 2 is 2.05 bits per heavy atom. The lowest BCUT2D eigenvalue weighted by Crippen LogP contribution is -2.36. The molecule has 1 aromatic carbocycles. The van der Waals surface area contributed by atoms with Gasteiger partial charge in [0, 0.05) is 35.0 Å². The number of imidazole rings is 1. The van der Waals surface area contributed by atoms with E-state index in [9.17, 15) is 18.0 Å². The van der Waals surface area contributed by atoms with Crippen LogP contribution in [0.3, 0.4) is 0 Å². The van der Waals surface area contributed by atoms with E-state index in [-0.39, 0.29) is 25.0 Å². The molecule has 0 bridgehead atoms. The first-order valence-corrected chi connectivity index (χ1v) is 11.8. The van der Waals surface area contributed by atoms with Crippen molar-refractivity contribution in [3.05, 3.63) is 48.3 Å². The summed E-state index contributed by atoms with van der Waals surface area (Å²) in [5, 5.41) is 17.4. The number of oxime groups is 1. The number of hydrogen-bond donors (Lipinski definition) is 3. The number of carbonyl (C=O) groups excluding carboxylic acids is 1. The number of aromatic nitrogens is 2. The molecule has 4 rings (SSSR count). The Morgan fingerprint density at radius 1 is 1.27 bits per heavy atom. The molecule has 0 saturated heterocycles. The molecule has 1 aliphatic carbocycles. The van der Waals surface area contributed by atoms with Gasteiger partial charge in [0.05, 0.1) is 30.3 Å². The quantitative estimate of drug-likeness (QED) is 0.206. The number of pyridine rings is 1. The van der Waals surface area contributed by atoms with Crippen LogP contribution in [0.5, 0.6) is 5.75 Å². The van der Waals surface area contributed by atoms with Gasteiger partial charge in [-0.2, -0.15) is 13.2 Å². The summed E-state index contributed by atoms with van der Waals surface area (Å²) < 4.78 is 45.1. The van der Waals surface area contributed by atoms with Gasteiger partial charge >= 0.3 is 12.2 Å². The number of alkyl halides is 3. The fraction of sp³-hybridized carbons (Fsp3) is 0.400. The van der Waals surface area contributed by atoms with E-state index in [0.717, 1.165) is 24.1 Å². The van der Waals surface area contributed by atoms with Crippen molar-refractivity contribution in [2.45, 2.75) is 39.0 Å². The van der Waals surface area contributed by atoms with Gasteiger partial charge in [0.1, 0.15) is 24.5 Å². The molecule has 0 aliphatic heterocycles. The highest BCUT2D eigenvalue weighted by molar-refractivity contribution is 6.04. The van der Waals surface area contributed by atoms with Crippen molar-refractivity contribution in [3.8, 4) is 17.0 Å². The van der Waals surface area contributed by atoms with Gasteiger partial charge in [0.15, 0.2) is 0 Å². The third-order valence-corrected chi connectivity index (χ3v) is 5.40. The number of aliphatic hydroxyl groups is 1. The SMILES string of the molecule is CC(C)Oc1cc(NC(=O)NCC(F)(F)F)cc(-c2cnc3cc(/C(=N\OCCO)C4CC4)ccn23)c1. The maximum atomic E-state index is 12.5. The van der Waals surface area contributed by atoms with Gasteiger partial charge in [-0.1, -0.05) is 5.16 Å². The number of nitrogens with zero attached hydrogens (tertiary/aromatic N) is 3. The number of ether oxygens (including phenoxy) is 1. The first-order valence-electron chi connectivity index (χ1n) is 11.8. The number of aliphatic hydroxyl groups excluding tert-OH is 1. The van der Waals surface area contributed by atoms with Crippen molar-refractivity contribution < 1.29 is 32.6 Å². The maximum absolute atomic E-state index is 12.5. The lowest BCUT2D eigenvalue weighted by atomic mass is 10.1.